The number of anilines is 1. The third kappa shape index (κ3) is 7.89. The third-order valence-corrected chi connectivity index (χ3v) is 4.90. The second-order valence-corrected chi connectivity index (χ2v) is 8.94. The molecule has 0 saturated heterocycles. The summed E-state index contributed by atoms with van der Waals surface area (Å²) in [6, 6.07) is 15.0. The quantitative estimate of drug-likeness (QED) is 0.534. The van der Waals surface area contributed by atoms with Crippen molar-refractivity contribution in [3.05, 3.63) is 66.2 Å². The Kier molecular flexibility index (Phi) is 7.30. The second kappa shape index (κ2) is 9.49. The Morgan fingerprint density at radius 1 is 1.00 bits per heavy atom. The van der Waals surface area contributed by atoms with Gasteiger partial charge in [-0.05, 0) is 56.7 Å². The van der Waals surface area contributed by atoms with Crippen molar-refractivity contribution in [2.24, 2.45) is 0 Å². The molecule has 2 N–H and O–H groups in total. The van der Waals surface area contributed by atoms with Gasteiger partial charge < -0.3 is 10.1 Å². The molecule has 0 saturated carbocycles. The maximum absolute atomic E-state index is 12.3. The number of benzene rings is 2. The van der Waals surface area contributed by atoms with Crippen LogP contribution in [0.25, 0.3) is 6.08 Å². The summed E-state index contributed by atoms with van der Waals surface area (Å²) < 4.78 is 31.8. The van der Waals surface area contributed by atoms with Crippen molar-refractivity contribution in [1.29, 1.82) is 0 Å². The summed E-state index contributed by atoms with van der Waals surface area (Å²) in [6.07, 6.45) is 3.07. The molecule has 0 fully saturated rings. The Balaban J connectivity index is 1.94. The minimum atomic E-state index is -3.88. The Bertz CT molecular complexity index is 976. The predicted molar refractivity (Wildman–Crippen MR) is 112 cm³/mol. The number of esters is 1. The minimum Gasteiger partial charge on any atom is -0.459 e. The molecular weight excluding hydrogens is 392 g/mol. The van der Waals surface area contributed by atoms with Gasteiger partial charge in [0.25, 0.3) is 0 Å². The van der Waals surface area contributed by atoms with Crippen LogP contribution >= 0.6 is 0 Å². The van der Waals surface area contributed by atoms with Crippen LogP contribution in [0.3, 0.4) is 0 Å². The lowest BCUT2D eigenvalue weighted by Gasteiger charge is -2.19. The topological polar surface area (TPSA) is 102 Å². The van der Waals surface area contributed by atoms with Crippen LogP contribution in [0.4, 0.5) is 5.69 Å². The first-order chi connectivity index (χ1) is 13.5. The van der Waals surface area contributed by atoms with E-state index in [-0.39, 0.29) is 10.8 Å². The molecule has 8 heteroatoms. The van der Waals surface area contributed by atoms with E-state index < -0.39 is 28.1 Å². The molecule has 0 unspecified atom stereocenters. The summed E-state index contributed by atoms with van der Waals surface area (Å²) in [5, 5.41) is 2.65. The number of hydrogen-bond donors (Lipinski definition) is 2. The number of rotatable bonds is 7. The third-order valence-electron chi connectivity index (χ3n) is 3.49. The smallest absolute Gasteiger partial charge is 0.321 e. The predicted octanol–water partition coefficient (Wildman–Crippen LogP) is 2.96. The molecule has 2 aromatic rings. The van der Waals surface area contributed by atoms with Gasteiger partial charge in [-0.25, -0.2) is 8.42 Å². The van der Waals surface area contributed by atoms with Crippen molar-refractivity contribution in [3.63, 3.8) is 0 Å². The van der Waals surface area contributed by atoms with Gasteiger partial charge in [-0.3, -0.25) is 9.59 Å². The molecule has 0 aliphatic rings. The molecule has 29 heavy (non-hydrogen) atoms. The zero-order valence-electron chi connectivity index (χ0n) is 16.5. The van der Waals surface area contributed by atoms with Gasteiger partial charge >= 0.3 is 5.97 Å². The average Bonchev–Trinajstić information content (AvgIpc) is 2.65. The average molecular weight is 416 g/mol. The van der Waals surface area contributed by atoms with Gasteiger partial charge in [0, 0.05) is 11.8 Å². The molecule has 0 heterocycles. The van der Waals surface area contributed by atoms with Crippen LogP contribution in [0.1, 0.15) is 26.3 Å². The van der Waals surface area contributed by atoms with Crippen LogP contribution in [0.15, 0.2) is 65.6 Å². The summed E-state index contributed by atoms with van der Waals surface area (Å²) in [7, 11) is -3.88. The maximum Gasteiger partial charge on any atom is 0.321 e. The van der Waals surface area contributed by atoms with E-state index in [1.165, 1.54) is 30.3 Å². The van der Waals surface area contributed by atoms with Gasteiger partial charge in [-0.15, -0.1) is 0 Å². The standard InChI is InChI=1S/C21H24N2O5S/c1-21(2,3)28-20(25)15-22-29(26,27)18-12-10-17(11-13-18)23-19(24)14-9-16-7-5-4-6-8-16/h4-14,22H,15H2,1-3H3,(H,23,24)/b14-9+. The Morgan fingerprint density at radius 3 is 2.21 bits per heavy atom. The van der Waals surface area contributed by atoms with Crippen LogP contribution in [0, 0.1) is 0 Å². The lowest BCUT2D eigenvalue weighted by atomic mass is 10.2. The van der Waals surface area contributed by atoms with Gasteiger partial charge in [0.2, 0.25) is 15.9 Å². The van der Waals surface area contributed by atoms with Crippen LogP contribution in [0.2, 0.25) is 0 Å². The Hall–Kier alpha value is -2.97. The van der Waals surface area contributed by atoms with E-state index in [9.17, 15) is 18.0 Å². The fourth-order valence-electron chi connectivity index (χ4n) is 2.25. The molecule has 0 atom stereocenters. The largest absolute Gasteiger partial charge is 0.459 e. The molecule has 2 aromatic carbocycles. The number of nitrogens with one attached hydrogen (secondary N) is 2. The molecule has 0 aromatic heterocycles. The molecule has 0 aliphatic heterocycles. The summed E-state index contributed by atoms with van der Waals surface area (Å²) in [4.78, 5) is 23.6. The summed E-state index contributed by atoms with van der Waals surface area (Å²) in [5.74, 6) is -1.01. The van der Waals surface area contributed by atoms with Gasteiger partial charge in [-0.2, -0.15) is 4.72 Å². The number of sulfonamides is 1. The Morgan fingerprint density at radius 2 is 1.62 bits per heavy atom. The maximum atomic E-state index is 12.3. The van der Waals surface area contributed by atoms with E-state index in [1.807, 2.05) is 30.3 Å². The first-order valence-electron chi connectivity index (χ1n) is 8.91. The highest BCUT2D eigenvalue weighted by atomic mass is 32.2. The van der Waals surface area contributed by atoms with E-state index in [2.05, 4.69) is 10.0 Å². The van der Waals surface area contributed by atoms with Crippen molar-refractivity contribution < 1.29 is 22.7 Å². The van der Waals surface area contributed by atoms with Gasteiger partial charge in [0.05, 0.1) is 4.90 Å². The zero-order valence-corrected chi connectivity index (χ0v) is 17.3. The zero-order chi connectivity index (χ0) is 21.5. The first kappa shape index (κ1) is 22.3. The number of amides is 1. The van der Waals surface area contributed by atoms with E-state index in [4.69, 9.17) is 4.74 Å². The van der Waals surface area contributed by atoms with E-state index in [0.717, 1.165) is 5.56 Å². The van der Waals surface area contributed by atoms with Crippen molar-refractivity contribution in [2.45, 2.75) is 31.3 Å². The van der Waals surface area contributed by atoms with Gasteiger partial charge in [0.1, 0.15) is 12.1 Å². The number of carbonyl (C=O) groups is 2. The lowest BCUT2D eigenvalue weighted by molar-refractivity contribution is -0.153. The van der Waals surface area contributed by atoms with Gasteiger partial charge in [0.15, 0.2) is 0 Å². The number of hydrogen-bond acceptors (Lipinski definition) is 5. The van der Waals surface area contributed by atoms with Gasteiger partial charge in [-0.1, -0.05) is 30.3 Å². The highest BCUT2D eigenvalue weighted by Gasteiger charge is 2.20. The normalized spacial score (nSPS) is 12.0. The van der Waals surface area contributed by atoms with Crippen LogP contribution in [-0.4, -0.2) is 32.4 Å². The fraction of sp³-hybridized carbons (Fsp3) is 0.238. The van der Waals surface area contributed by atoms with Crippen LogP contribution < -0.4 is 10.0 Å². The second-order valence-electron chi connectivity index (χ2n) is 7.17. The van der Waals surface area contributed by atoms with Crippen molar-refractivity contribution in [1.82, 2.24) is 4.72 Å². The minimum absolute atomic E-state index is 0.0288. The van der Waals surface area contributed by atoms with Crippen LogP contribution in [-0.2, 0) is 24.3 Å². The monoisotopic (exact) mass is 416 g/mol. The Labute approximate surface area is 170 Å². The number of ether oxygens (including phenoxy) is 1. The molecule has 0 bridgehead atoms. The molecular formula is C21H24N2O5S. The molecule has 0 radical (unpaired) electrons. The fourth-order valence-corrected chi connectivity index (χ4v) is 3.22. The SMILES string of the molecule is CC(C)(C)OC(=O)CNS(=O)(=O)c1ccc(NC(=O)/C=C/c2ccccc2)cc1. The molecule has 154 valence electrons. The molecule has 1 amide bonds. The van der Waals surface area contributed by atoms with E-state index in [1.54, 1.807) is 26.8 Å². The van der Waals surface area contributed by atoms with Crippen LogP contribution in [0.5, 0.6) is 0 Å². The van der Waals surface area contributed by atoms with Crippen molar-refractivity contribution >= 4 is 33.7 Å². The summed E-state index contributed by atoms with van der Waals surface area (Å²) in [5.41, 5.74) is 0.635. The number of carbonyl (C=O) groups excluding carboxylic acids is 2. The van der Waals surface area contributed by atoms with E-state index in [0.29, 0.717) is 5.69 Å². The molecule has 0 spiro atoms. The highest BCUT2D eigenvalue weighted by molar-refractivity contribution is 7.89. The van der Waals surface area contributed by atoms with E-state index >= 15 is 0 Å². The van der Waals surface area contributed by atoms with Crippen molar-refractivity contribution in [2.75, 3.05) is 11.9 Å². The van der Waals surface area contributed by atoms with Crippen molar-refractivity contribution in [3.8, 4) is 0 Å². The summed E-state index contributed by atoms with van der Waals surface area (Å²) >= 11 is 0. The highest BCUT2D eigenvalue weighted by Crippen LogP contribution is 2.14. The molecule has 0 aliphatic carbocycles. The first-order valence-corrected chi connectivity index (χ1v) is 10.4. The molecule has 2 rings (SSSR count). The summed E-state index contributed by atoms with van der Waals surface area (Å²) in [6.45, 7) is 4.62. The molecule has 7 nitrogen and oxygen atoms in total. The lowest BCUT2D eigenvalue weighted by Crippen LogP contribution is -2.34.